The average Bonchev–Trinajstić information content (AvgIpc) is 3.22. The molecule has 166 valence electrons. The lowest BCUT2D eigenvalue weighted by atomic mass is 10.2. The average molecular weight is 464 g/mol. The molecule has 1 amide bonds. The molecule has 10 heteroatoms. The number of hydrogen-bond donors (Lipinski definition) is 1. The first-order valence-corrected chi connectivity index (χ1v) is 11.4. The number of hydrogen-bond acceptors (Lipinski definition) is 8. The number of ether oxygens (including phenoxy) is 3. The van der Waals surface area contributed by atoms with Crippen molar-refractivity contribution in [1.29, 1.82) is 0 Å². The summed E-state index contributed by atoms with van der Waals surface area (Å²) in [5.74, 6) is 1.46. The number of carbonyl (C=O) groups excluding carboxylic acids is 1. The van der Waals surface area contributed by atoms with Crippen LogP contribution in [0.5, 0.6) is 17.2 Å². The molecule has 31 heavy (non-hydrogen) atoms. The summed E-state index contributed by atoms with van der Waals surface area (Å²) in [4.78, 5) is 30.1. The monoisotopic (exact) mass is 463 g/mol. The molecule has 0 aliphatic carbocycles. The summed E-state index contributed by atoms with van der Waals surface area (Å²) in [6, 6.07) is 5.14. The number of thiophene rings is 1. The Labute approximate surface area is 188 Å². The molecule has 0 spiro atoms. The first-order valence-electron chi connectivity index (χ1n) is 9.58. The van der Waals surface area contributed by atoms with Crippen molar-refractivity contribution < 1.29 is 19.0 Å². The zero-order valence-corrected chi connectivity index (χ0v) is 19.7. The van der Waals surface area contributed by atoms with Gasteiger partial charge in [0.1, 0.15) is 4.70 Å². The number of fused-ring (bicyclic) bond motifs is 1. The Hall–Kier alpha value is -2.72. The van der Waals surface area contributed by atoms with Crippen molar-refractivity contribution in [2.75, 3.05) is 32.4 Å². The van der Waals surface area contributed by atoms with Crippen LogP contribution in [0.15, 0.2) is 33.5 Å². The van der Waals surface area contributed by atoms with E-state index in [9.17, 15) is 9.59 Å². The molecule has 1 N–H and O–H groups in total. The number of rotatable bonds is 9. The van der Waals surface area contributed by atoms with Gasteiger partial charge in [-0.05, 0) is 17.4 Å². The van der Waals surface area contributed by atoms with Crippen LogP contribution in [0, 0.1) is 5.92 Å². The van der Waals surface area contributed by atoms with E-state index in [0.29, 0.717) is 44.9 Å². The SMILES string of the molecule is COc1cc(NC(=O)CSc2nc3ccsc3c(=O)n2CC(C)C)cc(OC)c1OC. The Morgan fingerprint density at radius 2 is 1.87 bits per heavy atom. The minimum atomic E-state index is -0.241. The van der Waals surface area contributed by atoms with E-state index in [4.69, 9.17) is 14.2 Å². The molecule has 0 aliphatic rings. The number of methoxy groups -OCH3 is 3. The van der Waals surface area contributed by atoms with Crippen molar-refractivity contribution in [2.45, 2.75) is 25.5 Å². The van der Waals surface area contributed by atoms with Crippen LogP contribution in [0.4, 0.5) is 5.69 Å². The van der Waals surface area contributed by atoms with E-state index in [1.165, 1.54) is 44.4 Å². The van der Waals surface area contributed by atoms with Gasteiger partial charge in [-0.15, -0.1) is 11.3 Å². The second-order valence-corrected chi connectivity index (χ2v) is 8.95. The molecule has 0 radical (unpaired) electrons. The number of nitrogens with zero attached hydrogens (tertiary/aromatic N) is 2. The van der Waals surface area contributed by atoms with Crippen LogP contribution in [0.25, 0.3) is 10.2 Å². The predicted molar refractivity (Wildman–Crippen MR) is 124 cm³/mol. The van der Waals surface area contributed by atoms with Crippen molar-refractivity contribution in [1.82, 2.24) is 9.55 Å². The summed E-state index contributed by atoms with van der Waals surface area (Å²) in [7, 11) is 4.54. The molecule has 2 heterocycles. The predicted octanol–water partition coefficient (Wildman–Crippen LogP) is 3.87. The first kappa shape index (κ1) is 23.0. The Kier molecular flexibility index (Phi) is 7.45. The van der Waals surface area contributed by atoms with Crippen molar-refractivity contribution in [3.05, 3.63) is 33.9 Å². The summed E-state index contributed by atoms with van der Waals surface area (Å²) in [6.45, 7) is 4.61. The zero-order chi connectivity index (χ0) is 22.5. The van der Waals surface area contributed by atoms with Crippen LogP contribution in [0.1, 0.15) is 13.8 Å². The maximum absolute atomic E-state index is 12.9. The third kappa shape index (κ3) is 5.13. The number of thioether (sulfide) groups is 1. The molecule has 0 fully saturated rings. The lowest BCUT2D eigenvalue weighted by molar-refractivity contribution is -0.113. The van der Waals surface area contributed by atoms with E-state index in [1.54, 1.807) is 16.7 Å². The first-order chi connectivity index (χ1) is 14.9. The molecule has 0 atom stereocenters. The van der Waals surface area contributed by atoms with Gasteiger partial charge in [-0.1, -0.05) is 25.6 Å². The van der Waals surface area contributed by atoms with Crippen LogP contribution in [0.2, 0.25) is 0 Å². The summed E-state index contributed by atoms with van der Waals surface area (Å²) in [5.41, 5.74) is 1.10. The smallest absolute Gasteiger partial charge is 0.272 e. The summed E-state index contributed by atoms with van der Waals surface area (Å²) in [5, 5.41) is 5.22. The van der Waals surface area contributed by atoms with Crippen LogP contribution in [-0.2, 0) is 11.3 Å². The number of carbonyl (C=O) groups is 1. The van der Waals surface area contributed by atoms with Crippen molar-refractivity contribution in [3.63, 3.8) is 0 Å². The molecule has 0 unspecified atom stereocenters. The number of benzene rings is 1. The van der Waals surface area contributed by atoms with Crippen molar-refractivity contribution >= 4 is 44.9 Å². The van der Waals surface area contributed by atoms with Crippen molar-refractivity contribution in [3.8, 4) is 17.2 Å². The fourth-order valence-electron chi connectivity index (χ4n) is 3.04. The minimum absolute atomic E-state index is 0.0683. The highest BCUT2D eigenvalue weighted by Crippen LogP contribution is 2.40. The quantitative estimate of drug-likeness (QED) is 0.380. The summed E-state index contributed by atoms with van der Waals surface area (Å²) in [6.07, 6.45) is 0. The molecule has 3 aromatic rings. The standard InChI is InChI=1S/C21H25N3O5S2/c1-12(2)10-24-20(26)19-14(6-7-30-19)23-21(24)31-11-17(25)22-13-8-15(27-3)18(29-5)16(9-13)28-4/h6-9,12H,10-11H2,1-5H3,(H,22,25). The molecule has 0 saturated carbocycles. The lowest BCUT2D eigenvalue weighted by Crippen LogP contribution is -2.25. The molecule has 8 nitrogen and oxygen atoms in total. The number of anilines is 1. The zero-order valence-electron chi connectivity index (χ0n) is 18.1. The van der Waals surface area contributed by atoms with E-state index in [0.717, 1.165) is 0 Å². The number of aromatic nitrogens is 2. The highest BCUT2D eigenvalue weighted by atomic mass is 32.2. The number of amides is 1. The highest BCUT2D eigenvalue weighted by molar-refractivity contribution is 7.99. The van der Waals surface area contributed by atoms with E-state index in [-0.39, 0.29) is 23.1 Å². The molecule has 2 aromatic heterocycles. The van der Waals surface area contributed by atoms with Gasteiger partial charge >= 0.3 is 0 Å². The summed E-state index contributed by atoms with van der Waals surface area (Å²) < 4.78 is 18.2. The van der Waals surface area contributed by atoms with Crippen LogP contribution < -0.4 is 25.1 Å². The van der Waals surface area contributed by atoms with Gasteiger partial charge in [-0.25, -0.2) is 4.98 Å². The van der Waals surface area contributed by atoms with Gasteiger partial charge in [0.15, 0.2) is 16.7 Å². The topological polar surface area (TPSA) is 91.7 Å². The largest absolute Gasteiger partial charge is 0.493 e. The maximum Gasteiger partial charge on any atom is 0.272 e. The van der Waals surface area contributed by atoms with E-state index in [2.05, 4.69) is 10.3 Å². The molecular weight excluding hydrogens is 438 g/mol. The second-order valence-electron chi connectivity index (χ2n) is 7.09. The normalized spacial score (nSPS) is 11.0. The van der Waals surface area contributed by atoms with E-state index < -0.39 is 0 Å². The fourth-order valence-corrected chi connectivity index (χ4v) is 4.63. The van der Waals surface area contributed by atoms with Crippen LogP contribution >= 0.6 is 23.1 Å². The Morgan fingerprint density at radius 3 is 2.45 bits per heavy atom. The highest BCUT2D eigenvalue weighted by Gasteiger charge is 2.17. The van der Waals surface area contributed by atoms with Crippen LogP contribution in [-0.4, -0.2) is 42.5 Å². The molecule has 3 rings (SSSR count). The lowest BCUT2D eigenvalue weighted by Gasteiger charge is -2.15. The Bertz CT molecular complexity index is 1110. The van der Waals surface area contributed by atoms with Gasteiger partial charge < -0.3 is 19.5 Å². The van der Waals surface area contributed by atoms with E-state index >= 15 is 0 Å². The molecule has 1 aromatic carbocycles. The van der Waals surface area contributed by atoms with Crippen LogP contribution in [0.3, 0.4) is 0 Å². The third-order valence-electron chi connectivity index (χ3n) is 4.36. The van der Waals surface area contributed by atoms with Gasteiger partial charge in [0.25, 0.3) is 5.56 Å². The minimum Gasteiger partial charge on any atom is -0.493 e. The van der Waals surface area contributed by atoms with Gasteiger partial charge in [-0.3, -0.25) is 14.2 Å². The van der Waals surface area contributed by atoms with Gasteiger partial charge in [0.2, 0.25) is 11.7 Å². The van der Waals surface area contributed by atoms with E-state index in [1.807, 2.05) is 25.3 Å². The fraction of sp³-hybridized carbons (Fsp3) is 0.381. The number of nitrogens with one attached hydrogen (secondary N) is 1. The molecular formula is C21H25N3O5S2. The molecule has 0 aliphatic heterocycles. The maximum atomic E-state index is 12.9. The Morgan fingerprint density at radius 1 is 1.19 bits per heavy atom. The Balaban J connectivity index is 1.80. The summed E-state index contributed by atoms with van der Waals surface area (Å²) >= 11 is 2.62. The van der Waals surface area contributed by atoms with Gasteiger partial charge in [-0.2, -0.15) is 0 Å². The third-order valence-corrected chi connectivity index (χ3v) is 6.23. The second kappa shape index (κ2) is 10.1. The molecule has 0 bridgehead atoms. The van der Waals surface area contributed by atoms with Gasteiger partial charge in [0.05, 0.1) is 32.6 Å². The van der Waals surface area contributed by atoms with Gasteiger partial charge in [0, 0.05) is 24.4 Å². The van der Waals surface area contributed by atoms with Crippen molar-refractivity contribution in [2.24, 2.45) is 5.92 Å². The molecule has 0 saturated heterocycles.